The van der Waals surface area contributed by atoms with E-state index < -0.39 is 11.8 Å². The topological polar surface area (TPSA) is 87.7 Å². The number of hydrogen-bond acceptors (Lipinski definition) is 5. The molecule has 2 heterocycles. The lowest BCUT2D eigenvalue weighted by molar-refractivity contribution is 0.0693. The minimum atomic E-state index is -1.22. The van der Waals surface area contributed by atoms with E-state index in [1.807, 2.05) is 0 Å². The first kappa shape index (κ1) is 18.1. The quantitative estimate of drug-likeness (QED) is 0.615. The number of carboxylic acid groups (broad SMARTS) is 1. The van der Waals surface area contributed by atoms with Crippen molar-refractivity contribution in [3.05, 3.63) is 76.8 Å². The van der Waals surface area contributed by atoms with Gasteiger partial charge in [-0.05, 0) is 48.5 Å². The highest BCUT2D eigenvalue weighted by atomic mass is 32.2. The average molecular weight is 396 g/mol. The lowest BCUT2D eigenvalue weighted by Gasteiger charge is -2.16. The molecule has 3 aromatic rings. The Morgan fingerprint density at radius 2 is 1.96 bits per heavy atom. The maximum Gasteiger partial charge on any atom is 0.339 e. The van der Waals surface area contributed by atoms with E-state index in [9.17, 15) is 19.1 Å². The Morgan fingerprint density at radius 1 is 1.14 bits per heavy atom. The first-order chi connectivity index (χ1) is 13.4. The van der Waals surface area contributed by atoms with Crippen molar-refractivity contribution < 1.29 is 28.6 Å². The molecule has 0 aliphatic carbocycles. The van der Waals surface area contributed by atoms with Gasteiger partial charge in [-0.3, -0.25) is 4.79 Å². The van der Waals surface area contributed by atoms with Crippen molar-refractivity contribution in [2.24, 2.45) is 0 Å². The monoisotopic (exact) mass is 396 g/mol. The molecule has 28 heavy (non-hydrogen) atoms. The first-order valence-corrected chi connectivity index (χ1v) is 9.25. The zero-order valence-corrected chi connectivity index (χ0v) is 15.1. The summed E-state index contributed by atoms with van der Waals surface area (Å²) in [4.78, 5) is 24.4. The molecule has 0 atom stereocenters. The zero-order valence-electron chi connectivity index (χ0n) is 14.3. The number of aromatic hydroxyl groups is 1. The summed E-state index contributed by atoms with van der Waals surface area (Å²) in [6.45, 7) is 0. The third-order valence-electron chi connectivity index (χ3n) is 4.32. The summed E-state index contributed by atoms with van der Waals surface area (Å²) in [5.74, 6) is -0.991. The number of carbonyl (C=O) groups is 2. The van der Waals surface area contributed by atoms with Gasteiger partial charge in [-0.1, -0.05) is 6.07 Å². The maximum absolute atomic E-state index is 13.5. The summed E-state index contributed by atoms with van der Waals surface area (Å²) in [5, 5.41) is 18.8. The highest BCUT2D eigenvalue weighted by molar-refractivity contribution is 7.99. The maximum atomic E-state index is 13.5. The molecule has 140 valence electrons. The van der Waals surface area contributed by atoms with Crippen LogP contribution in [0.1, 0.15) is 26.5 Å². The number of fused-ring (bicyclic) bond motifs is 1. The zero-order chi connectivity index (χ0) is 19.8. The summed E-state index contributed by atoms with van der Waals surface area (Å²) in [6.07, 6.45) is 1.61. The number of Topliss-reactive ketones (excluding diaryl/α,β-unsaturated/α-hetero) is 1. The van der Waals surface area contributed by atoms with Gasteiger partial charge in [-0.25, -0.2) is 9.18 Å². The molecule has 0 amide bonds. The van der Waals surface area contributed by atoms with Gasteiger partial charge in [0.25, 0.3) is 0 Å². The van der Waals surface area contributed by atoms with Gasteiger partial charge in [0, 0.05) is 27.3 Å². The van der Waals surface area contributed by atoms with Gasteiger partial charge >= 0.3 is 5.97 Å². The number of furan rings is 1. The molecular formula is C21H13FO5S. The molecule has 0 saturated carbocycles. The lowest BCUT2D eigenvalue weighted by Crippen LogP contribution is -2.12. The normalized spacial score (nSPS) is 14.9. The Hall–Kier alpha value is -3.32. The molecule has 0 fully saturated rings. The van der Waals surface area contributed by atoms with Crippen molar-refractivity contribution in [1.29, 1.82) is 0 Å². The molecule has 0 bridgehead atoms. The van der Waals surface area contributed by atoms with Crippen molar-refractivity contribution in [3.63, 3.8) is 0 Å². The van der Waals surface area contributed by atoms with Crippen LogP contribution in [0.25, 0.3) is 17.4 Å². The van der Waals surface area contributed by atoms with Crippen LogP contribution in [0, 0.1) is 5.82 Å². The van der Waals surface area contributed by atoms with E-state index >= 15 is 0 Å². The predicted octanol–water partition coefficient (Wildman–Crippen LogP) is 4.86. The predicted molar refractivity (Wildman–Crippen MR) is 102 cm³/mol. The third-order valence-corrected chi connectivity index (χ3v) is 5.44. The van der Waals surface area contributed by atoms with Crippen LogP contribution in [0.15, 0.2) is 63.4 Å². The summed E-state index contributed by atoms with van der Waals surface area (Å²) >= 11 is 1.45. The molecule has 2 aromatic carbocycles. The van der Waals surface area contributed by atoms with Crippen LogP contribution in [0.4, 0.5) is 4.39 Å². The van der Waals surface area contributed by atoms with Crippen LogP contribution >= 0.6 is 11.8 Å². The molecule has 1 aromatic heterocycles. The van der Waals surface area contributed by atoms with Crippen molar-refractivity contribution in [2.45, 2.75) is 4.90 Å². The van der Waals surface area contributed by atoms with Gasteiger partial charge in [0.1, 0.15) is 28.7 Å². The second kappa shape index (κ2) is 7.01. The van der Waals surface area contributed by atoms with Crippen LogP contribution in [-0.4, -0.2) is 27.7 Å². The molecule has 0 radical (unpaired) electrons. The number of thioether (sulfide) groups is 1. The minimum absolute atomic E-state index is 0.201. The fraction of sp³-hybridized carbons (Fsp3) is 0.0476. The Bertz CT molecular complexity index is 1150. The van der Waals surface area contributed by atoms with E-state index in [1.54, 1.807) is 24.3 Å². The van der Waals surface area contributed by atoms with Gasteiger partial charge in [0.2, 0.25) is 0 Å². The standard InChI is InChI=1S/C21H13FO5S/c22-13-2-6-19-16(9-13)20(24)12(10-28-19)7-14-3-5-18(27-14)11-1-4-15(21(25)26)17(23)8-11/h1-9,23H,10H2,(H,25,26)/b12-7+. The molecule has 0 spiro atoms. The van der Waals surface area contributed by atoms with Gasteiger partial charge in [-0.15, -0.1) is 11.8 Å². The minimum Gasteiger partial charge on any atom is -0.507 e. The number of hydrogen-bond donors (Lipinski definition) is 2. The number of phenols is 1. The number of aromatic carboxylic acids is 1. The van der Waals surface area contributed by atoms with Crippen molar-refractivity contribution >= 4 is 29.6 Å². The van der Waals surface area contributed by atoms with E-state index in [0.29, 0.717) is 34.0 Å². The number of ketones is 1. The smallest absolute Gasteiger partial charge is 0.339 e. The van der Waals surface area contributed by atoms with Crippen LogP contribution < -0.4 is 0 Å². The van der Waals surface area contributed by atoms with Gasteiger partial charge < -0.3 is 14.6 Å². The summed E-state index contributed by atoms with van der Waals surface area (Å²) in [5.41, 5.74) is 1.13. The summed E-state index contributed by atoms with van der Waals surface area (Å²) < 4.78 is 19.2. The highest BCUT2D eigenvalue weighted by Gasteiger charge is 2.23. The average Bonchev–Trinajstić information content (AvgIpc) is 3.13. The fourth-order valence-electron chi connectivity index (χ4n) is 2.93. The number of benzene rings is 2. The molecule has 0 saturated heterocycles. The Labute approximate surface area is 163 Å². The van der Waals surface area contributed by atoms with E-state index in [1.165, 1.54) is 42.1 Å². The van der Waals surface area contributed by atoms with Crippen molar-refractivity contribution in [3.8, 4) is 17.1 Å². The molecule has 5 nitrogen and oxygen atoms in total. The summed E-state index contributed by atoms with van der Waals surface area (Å²) in [6, 6.07) is 11.6. The van der Waals surface area contributed by atoms with Gasteiger partial charge in [-0.2, -0.15) is 0 Å². The van der Waals surface area contributed by atoms with E-state index in [2.05, 4.69) is 0 Å². The van der Waals surface area contributed by atoms with E-state index in [4.69, 9.17) is 9.52 Å². The van der Waals surface area contributed by atoms with Gasteiger partial charge in [0.15, 0.2) is 5.78 Å². The van der Waals surface area contributed by atoms with Crippen LogP contribution in [0.3, 0.4) is 0 Å². The van der Waals surface area contributed by atoms with Gasteiger partial charge in [0.05, 0.1) is 0 Å². The Morgan fingerprint density at radius 3 is 2.71 bits per heavy atom. The van der Waals surface area contributed by atoms with E-state index in [0.717, 1.165) is 4.90 Å². The molecule has 7 heteroatoms. The Balaban J connectivity index is 1.63. The molecule has 1 aliphatic rings. The second-order valence-electron chi connectivity index (χ2n) is 6.17. The highest BCUT2D eigenvalue weighted by Crippen LogP contribution is 2.35. The van der Waals surface area contributed by atoms with Crippen LogP contribution in [0.2, 0.25) is 0 Å². The largest absolute Gasteiger partial charge is 0.507 e. The molecule has 1 aliphatic heterocycles. The van der Waals surface area contributed by atoms with Crippen molar-refractivity contribution in [1.82, 2.24) is 0 Å². The van der Waals surface area contributed by atoms with Crippen LogP contribution in [0.5, 0.6) is 5.75 Å². The number of rotatable bonds is 3. The lowest BCUT2D eigenvalue weighted by atomic mass is 10.0. The third kappa shape index (κ3) is 3.32. The SMILES string of the molecule is O=C(O)c1ccc(-c2ccc(/C=C3\CSc4ccc(F)cc4C3=O)o2)cc1O. The summed E-state index contributed by atoms with van der Waals surface area (Å²) in [7, 11) is 0. The molecule has 0 unspecified atom stereocenters. The number of carboxylic acids is 1. The molecule has 2 N–H and O–H groups in total. The van der Waals surface area contributed by atoms with Crippen molar-refractivity contribution in [2.75, 3.05) is 5.75 Å². The Kier molecular flexibility index (Phi) is 4.52. The molecule has 4 rings (SSSR count). The number of halogens is 1. The first-order valence-electron chi connectivity index (χ1n) is 8.26. The van der Waals surface area contributed by atoms with Crippen LogP contribution in [-0.2, 0) is 0 Å². The number of carbonyl (C=O) groups excluding carboxylic acids is 1. The fourth-order valence-corrected chi connectivity index (χ4v) is 3.93. The second-order valence-corrected chi connectivity index (χ2v) is 7.18. The molecular weight excluding hydrogens is 383 g/mol. The van der Waals surface area contributed by atoms with E-state index in [-0.39, 0.29) is 17.1 Å².